The van der Waals surface area contributed by atoms with Crippen LogP contribution in [0.15, 0.2) is 235 Å². The Hall–Kier alpha value is -9.26. The van der Waals surface area contributed by atoms with Gasteiger partial charge in [-0.25, -0.2) is 8.78 Å². The minimum atomic E-state index is -1.08. The van der Waals surface area contributed by atoms with Gasteiger partial charge < -0.3 is 19.0 Å². The molecular formula is C81H74F2N2O2. The Morgan fingerprint density at radius 3 is 1.23 bits per heavy atom. The number of furan rings is 1. The van der Waals surface area contributed by atoms with E-state index in [0.717, 1.165) is 89.0 Å². The molecule has 1 atom stereocenters. The highest BCUT2D eigenvalue weighted by Crippen LogP contribution is 2.64. The smallest absolute Gasteiger partial charge is 0.160 e. The van der Waals surface area contributed by atoms with E-state index in [9.17, 15) is 0 Å². The summed E-state index contributed by atoms with van der Waals surface area (Å²) in [7, 11) is 0. The molecule has 13 rings (SSSR count). The van der Waals surface area contributed by atoms with Gasteiger partial charge in [0, 0.05) is 38.9 Å². The molecule has 0 bridgehead atoms. The number of anilines is 6. The molecule has 6 heteroatoms. The number of nitrogens with zero attached hydrogens (tertiary/aromatic N) is 2. The third-order valence-corrected chi connectivity index (χ3v) is 17.7. The third-order valence-electron chi connectivity index (χ3n) is 17.7. The number of hydrogen-bond acceptors (Lipinski definition) is 4. The van der Waals surface area contributed by atoms with Crippen molar-refractivity contribution in [3.05, 3.63) is 287 Å². The highest BCUT2D eigenvalue weighted by Gasteiger charge is 2.50. The molecule has 1 aliphatic rings. The van der Waals surface area contributed by atoms with Gasteiger partial charge in [0.2, 0.25) is 0 Å². The molecule has 0 radical (unpaired) electrons. The van der Waals surface area contributed by atoms with Gasteiger partial charge in [0.15, 0.2) is 5.58 Å². The van der Waals surface area contributed by atoms with Crippen molar-refractivity contribution in [2.45, 2.75) is 110 Å². The number of fused-ring (bicyclic) bond motifs is 9. The second kappa shape index (κ2) is 21.0. The van der Waals surface area contributed by atoms with Gasteiger partial charge in [0.25, 0.3) is 0 Å². The van der Waals surface area contributed by atoms with Crippen molar-refractivity contribution in [3.8, 4) is 22.6 Å². The topological polar surface area (TPSA) is 28.9 Å². The van der Waals surface area contributed by atoms with E-state index < -0.39 is 5.41 Å². The summed E-state index contributed by atoms with van der Waals surface area (Å²) in [4.78, 5) is 4.38. The van der Waals surface area contributed by atoms with E-state index in [1.165, 1.54) is 34.4 Å². The summed E-state index contributed by atoms with van der Waals surface area (Å²) in [5, 5.41) is 3.89. The Bertz CT molecular complexity index is 4570. The first-order valence-electron chi connectivity index (χ1n) is 30.3. The fraction of sp³-hybridized carbons (Fsp3) is 0.210. The van der Waals surface area contributed by atoms with E-state index in [-0.39, 0.29) is 33.3 Å². The van der Waals surface area contributed by atoms with E-state index in [4.69, 9.17) is 9.15 Å². The summed E-state index contributed by atoms with van der Waals surface area (Å²) < 4.78 is 46.2. The lowest BCUT2D eigenvalue weighted by Crippen LogP contribution is -2.29. The van der Waals surface area contributed by atoms with Crippen LogP contribution >= 0.6 is 0 Å². The molecule has 0 spiro atoms. The fourth-order valence-electron chi connectivity index (χ4n) is 13.1. The fourth-order valence-corrected chi connectivity index (χ4v) is 13.1. The van der Waals surface area contributed by atoms with Crippen molar-refractivity contribution in [2.24, 2.45) is 0 Å². The summed E-state index contributed by atoms with van der Waals surface area (Å²) >= 11 is 0. The Morgan fingerprint density at radius 2 is 0.747 bits per heavy atom. The summed E-state index contributed by atoms with van der Waals surface area (Å²) in [5.74, 6) is 0.756. The first-order chi connectivity index (χ1) is 41.5. The van der Waals surface area contributed by atoms with Gasteiger partial charge in [-0.1, -0.05) is 210 Å². The standard InChI is InChI=1S/C81H74F2N2O2/c1-77(2,3)51-27-29-55(30-28-51)81(56-37-45-64(46-38-56)86-63-43-35-54(36-44-63)80(10,11)12)68-49-70(84(61-21-17-19-57(82)47-61)59-39-31-52(32-40-59)78(4,5)6)65-23-13-14-24-66(65)73(68)75-69(81)50-71(76-74(75)67-25-15-16-26-72(67)87-76)85(62-22-18-20-58(83)48-62)60-41-33-53(34-42-60)79(7,8)9/h13-50H,1-12H3. The molecular weight excluding hydrogens is 1070 g/mol. The van der Waals surface area contributed by atoms with Gasteiger partial charge in [-0.05, 0) is 186 Å². The number of para-hydroxylation sites is 1. The van der Waals surface area contributed by atoms with Crippen LogP contribution in [0.1, 0.15) is 128 Å². The number of halogens is 2. The van der Waals surface area contributed by atoms with Gasteiger partial charge >= 0.3 is 0 Å². The van der Waals surface area contributed by atoms with Crippen LogP contribution in [0.4, 0.5) is 42.9 Å². The molecule has 0 fully saturated rings. The highest BCUT2D eigenvalue weighted by atomic mass is 19.1. The van der Waals surface area contributed by atoms with Crippen molar-refractivity contribution < 1.29 is 17.9 Å². The second-order valence-electron chi connectivity index (χ2n) is 27.7. The third kappa shape index (κ3) is 10.0. The number of hydrogen-bond donors (Lipinski definition) is 0. The lowest BCUT2D eigenvalue weighted by atomic mass is 9.66. The van der Waals surface area contributed by atoms with Crippen LogP contribution in [0.2, 0.25) is 0 Å². The lowest BCUT2D eigenvalue weighted by Gasteiger charge is -2.36. The average Bonchev–Trinajstić information content (AvgIpc) is 1.52. The van der Waals surface area contributed by atoms with Crippen LogP contribution in [-0.4, -0.2) is 0 Å². The monoisotopic (exact) mass is 1140 g/mol. The zero-order valence-electron chi connectivity index (χ0n) is 51.9. The first kappa shape index (κ1) is 56.8. The molecule has 0 N–H and O–H groups in total. The molecule has 11 aromatic carbocycles. The van der Waals surface area contributed by atoms with E-state index in [0.29, 0.717) is 22.7 Å². The van der Waals surface area contributed by atoms with Crippen LogP contribution in [0.25, 0.3) is 43.8 Å². The number of benzene rings is 11. The molecule has 1 aromatic heterocycles. The van der Waals surface area contributed by atoms with E-state index in [1.807, 2.05) is 36.4 Å². The van der Waals surface area contributed by atoms with Crippen LogP contribution < -0.4 is 14.5 Å². The molecule has 1 unspecified atom stereocenters. The lowest BCUT2D eigenvalue weighted by molar-refractivity contribution is 0.481. The van der Waals surface area contributed by atoms with Crippen LogP contribution in [0.5, 0.6) is 11.5 Å². The minimum absolute atomic E-state index is 0.0107. The molecule has 4 nitrogen and oxygen atoms in total. The molecule has 0 amide bonds. The zero-order chi connectivity index (χ0) is 61.0. The Kier molecular flexibility index (Phi) is 13.7. The van der Waals surface area contributed by atoms with Crippen molar-refractivity contribution >= 4 is 66.8 Å². The molecule has 12 aromatic rings. The summed E-state index contributed by atoms with van der Waals surface area (Å²) in [6.07, 6.45) is 0. The van der Waals surface area contributed by atoms with Crippen LogP contribution in [-0.2, 0) is 27.1 Å². The molecule has 0 saturated heterocycles. The maximum atomic E-state index is 16.1. The molecule has 1 aliphatic carbocycles. The first-order valence-corrected chi connectivity index (χ1v) is 30.3. The molecule has 434 valence electrons. The quantitative estimate of drug-likeness (QED) is 0.136. The van der Waals surface area contributed by atoms with Gasteiger partial charge in [-0.2, -0.15) is 0 Å². The molecule has 0 aliphatic heterocycles. The van der Waals surface area contributed by atoms with E-state index >= 15 is 8.78 Å². The van der Waals surface area contributed by atoms with Crippen molar-refractivity contribution in [2.75, 3.05) is 9.80 Å². The Labute approximate surface area is 511 Å². The summed E-state index contributed by atoms with van der Waals surface area (Å²) in [5.41, 5.74) is 15.6. The van der Waals surface area contributed by atoms with E-state index in [2.05, 4.69) is 251 Å². The summed E-state index contributed by atoms with van der Waals surface area (Å²) in [6, 6.07) is 79.1. The zero-order valence-corrected chi connectivity index (χ0v) is 51.9. The van der Waals surface area contributed by atoms with Crippen molar-refractivity contribution in [1.29, 1.82) is 0 Å². The minimum Gasteiger partial charge on any atom is -0.457 e. The SMILES string of the molecule is CC(C)(C)c1ccc(Oc2ccc(C3(c4ccc(C(C)(C)C)cc4)c4cc(N(c5ccc(C(C)(C)C)cc5)c5cccc(F)c5)c5ccccc5c4-c4c3cc(N(c3ccc(C(C)(C)C)cc3)c3cccc(F)c3)c3oc5ccccc5c43)cc2)cc1. The van der Waals surface area contributed by atoms with Gasteiger partial charge in [-0.15, -0.1) is 0 Å². The maximum Gasteiger partial charge on any atom is 0.160 e. The second-order valence-corrected chi connectivity index (χ2v) is 27.7. The van der Waals surface area contributed by atoms with Crippen molar-refractivity contribution in [3.63, 3.8) is 0 Å². The van der Waals surface area contributed by atoms with Gasteiger partial charge in [-0.3, -0.25) is 0 Å². The predicted octanol–water partition coefficient (Wildman–Crippen LogP) is 23.3. The Morgan fingerprint density at radius 1 is 0.356 bits per heavy atom. The van der Waals surface area contributed by atoms with Gasteiger partial charge in [0.05, 0.1) is 16.8 Å². The number of rotatable bonds is 10. The summed E-state index contributed by atoms with van der Waals surface area (Å²) in [6.45, 7) is 26.7. The van der Waals surface area contributed by atoms with Gasteiger partial charge in [0.1, 0.15) is 28.7 Å². The normalized spacial score (nSPS) is 14.4. The molecule has 1 heterocycles. The van der Waals surface area contributed by atoms with Crippen LogP contribution in [0.3, 0.4) is 0 Å². The molecule has 0 saturated carbocycles. The van der Waals surface area contributed by atoms with Crippen molar-refractivity contribution in [1.82, 2.24) is 0 Å². The Balaban J connectivity index is 1.19. The van der Waals surface area contributed by atoms with Crippen LogP contribution in [0, 0.1) is 11.6 Å². The maximum absolute atomic E-state index is 16.1. The largest absolute Gasteiger partial charge is 0.457 e. The predicted molar refractivity (Wildman–Crippen MR) is 359 cm³/mol. The van der Waals surface area contributed by atoms with E-state index in [1.54, 1.807) is 24.3 Å². The average molecular weight is 1150 g/mol. The molecule has 87 heavy (non-hydrogen) atoms. The highest BCUT2D eigenvalue weighted by molar-refractivity contribution is 6.23. The number of ether oxygens (including phenoxy) is 1.